The van der Waals surface area contributed by atoms with Crippen molar-refractivity contribution in [2.75, 3.05) is 12.4 Å². The third-order valence-corrected chi connectivity index (χ3v) is 7.35. The number of non-ortho nitro benzene ring substituents is 1. The van der Waals surface area contributed by atoms with Gasteiger partial charge >= 0.3 is 0 Å². The molecule has 0 aliphatic heterocycles. The normalized spacial score (nSPS) is 12.1. The molecule has 3 aromatic carbocycles. The molecule has 1 atom stereocenters. The van der Waals surface area contributed by atoms with Crippen molar-refractivity contribution in [1.29, 1.82) is 0 Å². The van der Waals surface area contributed by atoms with E-state index in [4.69, 9.17) is 23.2 Å². The summed E-state index contributed by atoms with van der Waals surface area (Å²) in [5, 5.41) is 14.9. The summed E-state index contributed by atoms with van der Waals surface area (Å²) in [7, 11) is -2.87. The molecule has 3 rings (SSSR count). The number of amides is 1. The average molecular weight is 522 g/mol. The zero-order chi connectivity index (χ0) is 25.0. The van der Waals surface area contributed by atoms with Crippen LogP contribution in [-0.2, 0) is 14.8 Å². The first-order valence-electron chi connectivity index (χ1n) is 10.0. The molecule has 0 heterocycles. The highest BCUT2D eigenvalue weighted by Gasteiger charge is 2.28. The Hall–Kier alpha value is -3.14. The second kappa shape index (κ2) is 10.4. The molecule has 34 heavy (non-hydrogen) atoms. The van der Waals surface area contributed by atoms with Gasteiger partial charge in [0.15, 0.2) is 0 Å². The van der Waals surface area contributed by atoms with Gasteiger partial charge in [-0.25, -0.2) is 12.7 Å². The number of hydrogen-bond donors (Lipinski definition) is 1. The first kappa shape index (κ1) is 25.5. The molecule has 1 N–H and O–H groups in total. The number of hydrogen-bond acceptors (Lipinski definition) is 6. The second-order valence-electron chi connectivity index (χ2n) is 7.59. The van der Waals surface area contributed by atoms with Crippen molar-refractivity contribution >= 4 is 50.5 Å². The molecule has 0 bridgehead atoms. The Bertz CT molecular complexity index is 1290. The van der Waals surface area contributed by atoms with E-state index in [0.717, 1.165) is 5.56 Å². The number of anilines is 1. The van der Waals surface area contributed by atoms with Crippen molar-refractivity contribution in [1.82, 2.24) is 4.31 Å². The molecule has 0 unspecified atom stereocenters. The van der Waals surface area contributed by atoms with Crippen LogP contribution in [0.1, 0.15) is 23.6 Å². The van der Waals surface area contributed by atoms with E-state index < -0.39 is 26.9 Å². The zero-order valence-electron chi connectivity index (χ0n) is 18.2. The summed E-state index contributed by atoms with van der Waals surface area (Å²) in [6.07, 6.45) is -0.260. The van der Waals surface area contributed by atoms with Crippen LogP contribution in [0.25, 0.3) is 0 Å². The highest BCUT2D eigenvalue weighted by atomic mass is 35.5. The minimum atomic E-state index is -4.06. The van der Waals surface area contributed by atoms with Crippen molar-refractivity contribution in [3.05, 3.63) is 98.0 Å². The minimum Gasteiger partial charge on any atom is -0.378 e. The van der Waals surface area contributed by atoms with E-state index in [1.54, 1.807) is 30.3 Å². The van der Waals surface area contributed by atoms with Crippen molar-refractivity contribution in [2.45, 2.75) is 24.3 Å². The van der Waals surface area contributed by atoms with Crippen LogP contribution in [0.5, 0.6) is 0 Å². The maximum absolute atomic E-state index is 13.1. The Morgan fingerprint density at radius 3 is 2.12 bits per heavy atom. The molecule has 0 radical (unpaired) electrons. The predicted octanol–water partition coefficient (Wildman–Crippen LogP) is 5.60. The molecule has 0 saturated carbocycles. The zero-order valence-corrected chi connectivity index (χ0v) is 20.6. The first-order chi connectivity index (χ1) is 16.0. The van der Waals surface area contributed by atoms with Gasteiger partial charge in [-0.2, -0.15) is 0 Å². The quantitative estimate of drug-likeness (QED) is 0.305. The summed E-state index contributed by atoms with van der Waals surface area (Å²) >= 11 is 12.2. The van der Waals surface area contributed by atoms with Gasteiger partial charge in [-0.1, -0.05) is 53.0 Å². The van der Waals surface area contributed by atoms with Gasteiger partial charge in [0.2, 0.25) is 5.91 Å². The van der Waals surface area contributed by atoms with Crippen LogP contribution in [0, 0.1) is 17.0 Å². The molecular formula is C23H21Cl2N3O5S. The Morgan fingerprint density at radius 1 is 1.03 bits per heavy atom. The Kier molecular flexibility index (Phi) is 7.81. The summed E-state index contributed by atoms with van der Waals surface area (Å²) in [4.78, 5) is 23.5. The van der Waals surface area contributed by atoms with Gasteiger partial charge < -0.3 is 5.32 Å². The van der Waals surface area contributed by atoms with Crippen LogP contribution < -0.4 is 5.32 Å². The fraction of sp³-hybridized carbons (Fsp3) is 0.174. The summed E-state index contributed by atoms with van der Waals surface area (Å²) in [6, 6.07) is 15.8. The number of carbonyl (C=O) groups is 1. The number of nitrogens with one attached hydrogen (secondary N) is 1. The predicted molar refractivity (Wildman–Crippen MR) is 132 cm³/mol. The van der Waals surface area contributed by atoms with Gasteiger partial charge in [-0.15, -0.1) is 0 Å². The third kappa shape index (κ3) is 6.05. The highest BCUT2D eigenvalue weighted by Crippen LogP contribution is 2.29. The van der Waals surface area contributed by atoms with Gasteiger partial charge in [-0.05, 0) is 42.8 Å². The minimum absolute atomic E-state index is 0.00424. The average Bonchev–Trinajstić information content (AvgIpc) is 2.77. The number of sulfonamides is 1. The maximum atomic E-state index is 13.1. The molecule has 3 aromatic rings. The Morgan fingerprint density at radius 2 is 1.59 bits per heavy atom. The van der Waals surface area contributed by atoms with E-state index in [9.17, 15) is 23.3 Å². The summed E-state index contributed by atoms with van der Waals surface area (Å²) in [5.41, 5.74) is 1.81. The number of nitrogens with zero attached hydrogens (tertiary/aromatic N) is 2. The molecule has 0 aromatic heterocycles. The fourth-order valence-corrected chi connectivity index (χ4v) is 4.89. The number of carbonyl (C=O) groups excluding carboxylic acids is 1. The number of halogens is 2. The van der Waals surface area contributed by atoms with Crippen molar-refractivity contribution < 1.29 is 18.1 Å². The van der Waals surface area contributed by atoms with Crippen molar-refractivity contribution in [3.63, 3.8) is 0 Å². The smallest absolute Gasteiger partial charge is 0.269 e. The van der Waals surface area contributed by atoms with E-state index in [0.29, 0.717) is 25.6 Å². The topological polar surface area (TPSA) is 110 Å². The van der Waals surface area contributed by atoms with Crippen LogP contribution in [0.2, 0.25) is 10.0 Å². The standard InChI is InChI=1S/C23H21Cl2N3O5S/c1-15-3-9-21(10-4-15)34(32,33)27(2)23(29)14-22(16-5-7-20(8-6-16)28(30)31)26-19-12-17(24)11-18(25)13-19/h3-13,22,26H,14H2,1-2H3/t22-/m0/s1. The lowest BCUT2D eigenvalue weighted by Gasteiger charge is -2.24. The van der Waals surface area contributed by atoms with Gasteiger partial charge in [0, 0.05) is 34.9 Å². The van der Waals surface area contributed by atoms with Gasteiger partial charge in [0.1, 0.15) is 0 Å². The van der Waals surface area contributed by atoms with Gasteiger partial charge in [-0.3, -0.25) is 14.9 Å². The lowest BCUT2D eigenvalue weighted by atomic mass is 10.0. The van der Waals surface area contributed by atoms with Crippen LogP contribution in [-0.4, -0.2) is 30.6 Å². The monoisotopic (exact) mass is 521 g/mol. The van der Waals surface area contributed by atoms with Gasteiger partial charge in [0.05, 0.1) is 22.3 Å². The molecular weight excluding hydrogens is 501 g/mol. The Balaban J connectivity index is 1.91. The summed E-state index contributed by atoms with van der Waals surface area (Å²) in [6.45, 7) is 1.83. The summed E-state index contributed by atoms with van der Waals surface area (Å²) < 4.78 is 26.6. The second-order valence-corrected chi connectivity index (χ2v) is 10.4. The number of nitro benzene ring substituents is 1. The van der Waals surface area contributed by atoms with Crippen LogP contribution in [0.15, 0.2) is 71.6 Å². The van der Waals surface area contributed by atoms with E-state index in [1.165, 1.54) is 43.4 Å². The molecule has 1 amide bonds. The lowest BCUT2D eigenvalue weighted by molar-refractivity contribution is -0.384. The van der Waals surface area contributed by atoms with E-state index in [2.05, 4.69) is 5.32 Å². The van der Waals surface area contributed by atoms with E-state index >= 15 is 0 Å². The fourth-order valence-electron chi connectivity index (χ4n) is 3.22. The molecule has 0 fully saturated rings. The number of aryl methyl sites for hydroxylation is 1. The number of rotatable bonds is 8. The number of benzene rings is 3. The highest BCUT2D eigenvalue weighted by molar-refractivity contribution is 7.89. The molecule has 8 nitrogen and oxygen atoms in total. The van der Waals surface area contributed by atoms with E-state index in [1.807, 2.05) is 6.92 Å². The molecule has 0 saturated heterocycles. The molecule has 11 heteroatoms. The molecule has 0 aliphatic carbocycles. The van der Waals surface area contributed by atoms with Gasteiger partial charge in [0.25, 0.3) is 15.7 Å². The maximum Gasteiger partial charge on any atom is 0.269 e. The van der Waals surface area contributed by atoms with Crippen LogP contribution in [0.3, 0.4) is 0 Å². The van der Waals surface area contributed by atoms with Crippen molar-refractivity contribution in [2.24, 2.45) is 0 Å². The van der Waals surface area contributed by atoms with E-state index in [-0.39, 0.29) is 17.0 Å². The number of nitro groups is 1. The Labute approximate surface area is 207 Å². The lowest BCUT2D eigenvalue weighted by Crippen LogP contribution is -2.35. The van der Waals surface area contributed by atoms with Crippen LogP contribution in [0.4, 0.5) is 11.4 Å². The third-order valence-electron chi connectivity index (χ3n) is 5.12. The van der Waals surface area contributed by atoms with Crippen LogP contribution >= 0.6 is 23.2 Å². The first-order valence-corrected chi connectivity index (χ1v) is 12.2. The SMILES string of the molecule is Cc1ccc(S(=O)(=O)N(C)C(=O)C[C@H](Nc2cc(Cl)cc(Cl)c2)c2ccc([N+](=O)[O-])cc2)cc1. The molecule has 0 aliphatic rings. The summed E-state index contributed by atoms with van der Waals surface area (Å²) in [5.74, 6) is -0.676. The molecule has 178 valence electrons. The van der Waals surface area contributed by atoms with Crippen molar-refractivity contribution in [3.8, 4) is 0 Å². The molecule has 0 spiro atoms. The largest absolute Gasteiger partial charge is 0.378 e.